The van der Waals surface area contributed by atoms with Crippen LogP contribution >= 0.6 is 0 Å². The largest absolute Gasteiger partial charge is 0.492 e. The zero-order chi connectivity index (χ0) is 16.1. The minimum Gasteiger partial charge on any atom is -0.492 e. The second-order valence-corrected chi connectivity index (χ2v) is 6.33. The standard InChI is InChI=1S/C18H26N2O3/c1-15-4-6-16(7-5-15)22-14-12-19-8-10-20(11-9-19)18(21)17-3-2-13-23-17/h4-7,17H,2-3,8-14H2,1H3/t17-/m0/s1. The van der Waals surface area contributed by atoms with Crippen LogP contribution in [0.15, 0.2) is 24.3 Å². The van der Waals surface area contributed by atoms with Crippen LogP contribution in [0, 0.1) is 6.92 Å². The van der Waals surface area contributed by atoms with Gasteiger partial charge in [-0.2, -0.15) is 0 Å². The Hall–Kier alpha value is -1.59. The lowest BCUT2D eigenvalue weighted by molar-refractivity contribution is -0.142. The van der Waals surface area contributed by atoms with Gasteiger partial charge in [-0.3, -0.25) is 9.69 Å². The maximum Gasteiger partial charge on any atom is 0.251 e. The number of amides is 1. The molecule has 2 heterocycles. The Morgan fingerprint density at radius 1 is 1.22 bits per heavy atom. The van der Waals surface area contributed by atoms with E-state index < -0.39 is 0 Å². The molecule has 0 bridgehead atoms. The SMILES string of the molecule is Cc1ccc(OCCN2CCN(C(=O)[C@@H]3CCCO3)CC2)cc1. The van der Waals surface area contributed by atoms with Crippen LogP contribution < -0.4 is 4.74 Å². The Morgan fingerprint density at radius 3 is 2.61 bits per heavy atom. The van der Waals surface area contributed by atoms with Crippen molar-refractivity contribution < 1.29 is 14.3 Å². The molecule has 0 saturated carbocycles. The van der Waals surface area contributed by atoms with Gasteiger partial charge >= 0.3 is 0 Å². The van der Waals surface area contributed by atoms with Gasteiger partial charge in [-0.15, -0.1) is 0 Å². The fourth-order valence-corrected chi connectivity index (χ4v) is 3.10. The first-order chi connectivity index (χ1) is 11.2. The number of aryl methyl sites for hydroxylation is 1. The number of rotatable bonds is 5. The maximum atomic E-state index is 12.3. The highest BCUT2D eigenvalue weighted by Crippen LogP contribution is 2.16. The average molecular weight is 318 g/mol. The predicted molar refractivity (Wildman–Crippen MR) is 88.7 cm³/mol. The van der Waals surface area contributed by atoms with Crippen molar-refractivity contribution in [2.24, 2.45) is 0 Å². The van der Waals surface area contributed by atoms with Crippen molar-refractivity contribution in [2.75, 3.05) is 45.9 Å². The molecule has 1 aromatic carbocycles. The molecule has 23 heavy (non-hydrogen) atoms. The van der Waals surface area contributed by atoms with Crippen molar-refractivity contribution in [3.63, 3.8) is 0 Å². The fourth-order valence-electron chi connectivity index (χ4n) is 3.10. The van der Waals surface area contributed by atoms with Crippen LogP contribution in [0.25, 0.3) is 0 Å². The van der Waals surface area contributed by atoms with Gasteiger partial charge in [0.05, 0.1) is 0 Å². The van der Waals surface area contributed by atoms with Crippen LogP contribution in [-0.2, 0) is 9.53 Å². The van der Waals surface area contributed by atoms with Crippen LogP contribution in [0.2, 0.25) is 0 Å². The normalized spacial score (nSPS) is 22.3. The third-order valence-electron chi connectivity index (χ3n) is 4.59. The first-order valence-corrected chi connectivity index (χ1v) is 8.54. The molecule has 126 valence electrons. The maximum absolute atomic E-state index is 12.3. The van der Waals surface area contributed by atoms with E-state index in [0.29, 0.717) is 6.61 Å². The van der Waals surface area contributed by atoms with Gasteiger partial charge in [0.15, 0.2) is 0 Å². The minimum absolute atomic E-state index is 0.179. The average Bonchev–Trinajstić information content (AvgIpc) is 3.11. The molecule has 2 aliphatic rings. The zero-order valence-corrected chi connectivity index (χ0v) is 13.9. The number of benzene rings is 1. The van der Waals surface area contributed by atoms with Crippen LogP contribution in [0.4, 0.5) is 0 Å². The van der Waals surface area contributed by atoms with Gasteiger partial charge in [0.1, 0.15) is 18.5 Å². The van der Waals surface area contributed by atoms with Gasteiger partial charge in [0, 0.05) is 39.3 Å². The first kappa shape index (κ1) is 16.3. The molecule has 1 amide bonds. The van der Waals surface area contributed by atoms with Crippen molar-refractivity contribution in [1.82, 2.24) is 9.80 Å². The van der Waals surface area contributed by atoms with Gasteiger partial charge in [-0.1, -0.05) is 17.7 Å². The Labute approximate surface area is 138 Å². The van der Waals surface area contributed by atoms with E-state index in [0.717, 1.165) is 57.9 Å². The van der Waals surface area contributed by atoms with Crippen molar-refractivity contribution in [1.29, 1.82) is 0 Å². The summed E-state index contributed by atoms with van der Waals surface area (Å²) in [6.45, 7) is 7.80. The summed E-state index contributed by atoms with van der Waals surface area (Å²) in [6, 6.07) is 8.14. The third kappa shape index (κ3) is 4.45. The molecule has 0 unspecified atom stereocenters. The molecular formula is C18H26N2O3. The fraction of sp³-hybridized carbons (Fsp3) is 0.611. The monoisotopic (exact) mass is 318 g/mol. The topological polar surface area (TPSA) is 42.0 Å². The minimum atomic E-state index is -0.188. The van der Waals surface area contributed by atoms with Gasteiger partial charge in [0.2, 0.25) is 0 Å². The van der Waals surface area contributed by atoms with Crippen molar-refractivity contribution in [3.8, 4) is 5.75 Å². The van der Waals surface area contributed by atoms with Crippen molar-refractivity contribution in [2.45, 2.75) is 25.9 Å². The van der Waals surface area contributed by atoms with E-state index in [2.05, 4.69) is 24.0 Å². The van der Waals surface area contributed by atoms with E-state index in [1.165, 1.54) is 5.56 Å². The third-order valence-corrected chi connectivity index (χ3v) is 4.59. The number of hydrogen-bond donors (Lipinski definition) is 0. The van der Waals surface area contributed by atoms with Crippen LogP contribution in [0.5, 0.6) is 5.75 Å². The number of ether oxygens (including phenoxy) is 2. The highest BCUT2D eigenvalue weighted by molar-refractivity contribution is 5.81. The summed E-state index contributed by atoms with van der Waals surface area (Å²) in [5, 5.41) is 0. The van der Waals surface area contributed by atoms with Crippen molar-refractivity contribution in [3.05, 3.63) is 29.8 Å². The van der Waals surface area contributed by atoms with Gasteiger partial charge < -0.3 is 14.4 Å². The van der Waals surface area contributed by atoms with E-state index in [4.69, 9.17) is 9.47 Å². The quantitative estimate of drug-likeness (QED) is 0.829. The highest BCUT2D eigenvalue weighted by Gasteiger charge is 2.30. The molecule has 1 aromatic rings. The summed E-state index contributed by atoms with van der Waals surface area (Å²) in [7, 11) is 0. The summed E-state index contributed by atoms with van der Waals surface area (Å²) in [4.78, 5) is 16.6. The molecule has 0 aliphatic carbocycles. The highest BCUT2D eigenvalue weighted by atomic mass is 16.5. The lowest BCUT2D eigenvalue weighted by Crippen LogP contribution is -2.52. The van der Waals surface area contributed by atoms with E-state index in [9.17, 15) is 4.79 Å². The second-order valence-electron chi connectivity index (χ2n) is 6.33. The van der Waals surface area contributed by atoms with E-state index in [1.807, 2.05) is 17.0 Å². The van der Waals surface area contributed by atoms with Gasteiger partial charge in [0.25, 0.3) is 5.91 Å². The lowest BCUT2D eigenvalue weighted by Gasteiger charge is -2.35. The number of hydrogen-bond acceptors (Lipinski definition) is 4. The first-order valence-electron chi connectivity index (χ1n) is 8.54. The molecule has 0 aromatic heterocycles. The van der Waals surface area contributed by atoms with E-state index in [1.54, 1.807) is 0 Å². The molecule has 1 atom stereocenters. The molecule has 0 spiro atoms. The Balaban J connectivity index is 1.36. The smallest absolute Gasteiger partial charge is 0.251 e. The van der Waals surface area contributed by atoms with Crippen molar-refractivity contribution >= 4 is 5.91 Å². The molecule has 0 N–H and O–H groups in total. The molecule has 2 fully saturated rings. The summed E-state index contributed by atoms with van der Waals surface area (Å²) >= 11 is 0. The number of piperazine rings is 1. The van der Waals surface area contributed by atoms with Crippen LogP contribution in [-0.4, -0.2) is 67.7 Å². The lowest BCUT2D eigenvalue weighted by atomic mass is 10.2. The Kier molecular flexibility index (Phi) is 5.51. The van der Waals surface area contributed by atoms with Gasteiger partial charge in [-0.05, 0) is 31.9 Å². The predicted octanol–water partition coefficient (Wildman–Crippen LogP) is 1.70. The molecule has 0 radical (unpaired) electrons. The molecule has 3 rings (SSSR count). The molecule has 5 heteroatoms. The van der Waals surface area contributed by atoms with E-state index >= 15 is 0 Å². The zero-order valence-electron chi connectivity index (χ0n) is 13.9. The Morgan fingerprint density at radius 2 is 1.96 bits per heavy atom. The summed E-state index contributed by atoms with van der Waals surface area (Å²) in [5.74, 6) is 1.10. The molecule has 2 aliphatic heterocycles. The summed E-state index contributed by atoms with van der Waals surface area (Å²) in [5.41, 5.74) is 1.24. The molecular weight excluding hydrogens is 292 g/mol. The summed E-state index contributed by atoms with van der Waals surface area (Å²) in [6.07, 6.45) is 1.70. The molecule has 2 saturated heterocycles. The van der Waals surface area contributed by atoms with E-state index in [-0.39, 0.29) is 12.0 Å². The molecule has 5 nitrogen and oxygen atoms in total. The van der Waals surface area contributed by atoms with Crippen LogP contribution in [0.1, 0.15) is 18.4 Å². The number of nitrogens with zero attached hydrogens (tertiary/aromatic N) is 2. The number of carbonyl (C=O) groups is 1. The summed E-state index contributed by atoms with van der Waals surface area (Å²) < 4.78 is 11.3. The second kappa shape index (κ2) is 7.79. The number of carbonyl (C=O) groups excluding carboxylic acids is 1. The Bertz CT molecular complexity index is 504. The van der Waals surface area contributed by atoms with Gasteiger partial charge in [-0.25, -0.2) is 0 Å². The van der Waals surface area contributed by atoms with Crippen LogP contribution in [0.3, 0.4) is 0 Å².